The maximum absolute atomic E-state index is 12.1. The van der Waals surface area contributed by atoms with E-state index >= 15 is 0 Å². The van der Waals surface area contributed by atoms with Gasteiger partial charge in [0.1, 0.15) is 0 Å². The van der Waals surface area contributed by atoms with Crippen molar-refractivity contribution in [3.05, 3.63) is 105 Å². The number of para-hydroxylation sites is 1. The van der Waals surface area contributed by atoms with E-state index in [-0.39, 0.29) is 16.4 Å². The van der Waals surface area contributed by atoms with Gasteiger partial charge in [-0.25, -0.2) is 0 Å². The lowest BCUT2D eigenvalue weighted by molar-refractivity contribution is -0.386. The molecule has 0 fully saturated rings. The summed E-state index contributed by atoms with van der Waals surface area (Å²) in [6, 6.07) is 20.8. The lowest BCUT2D eigenvalue weighted by Crippen LogP contribution is -2.58. The van der Waals surface area contributed by atoms with Gasteiger partial charge in [-0.3, -0.25) is 10.1 Å². The van der Waals surface area contributed by atoms with Crippen LogP contribution < -0.4 is 9.64 Å². The molecular weight excluding hydrogens is 426 g/mol. The Kier molecular flexibility index (Phi) is 4.80. The number of nitro benzene ring substituents is 1. The van der Waals surface area contributed by atoms with E-state index in [2.05, 4.69) is 30.9 Å². The van der Waals surface area contributed by atoms with Crippen LogP contribution in [0.3, 0.4) is 0 Å². The van der Waals surface area contributed by atoms with Crippen LogP contribution in [0.1, 0.15) is 41.7 Å². The smallest absolute Gasteiger partial charge is 0.312 e. The molecule has 2 aliphatic heterocycles. The lowest BCUT2D eigenvalue weighted by Gasteiger charge is -2.45. The van der Waals surface area contributed by atoms with Crippen molar-refractivity contribution >= 4 is 29.6 Å². The number of rotatable bonds is 3. The van der Waals surface area contributed by atoms with E-state index < -0.39 is 11.1 Å². The van der Waals surface area contributed by atoms with Gasteiger partial charge in [0.25, 0.3) is 0 Å². The number of fused-ring (bicyclic) bond motifs is 2. The molecule has 0 aliphatic carbocycles. The molecule has 0 saturated heterocycles. The highest BCUT2D eigenvalue weighted by Gasteiger charge is 2.58. The first-order chi connectivity index (χ1) is 16.3. The Hall–Kier alpha value is -4.37. The van der Waals surface area contributed by atoms with Crippen LogP contribution in [0.2, 0.25) is 0 Å². The molecule has 5 rings (SSSR count). The molecule has 3 aromatic rings. The van der Waals surface area contributed by atoms with Crippen molar-refractivity contribution in [1.82, 2.24) is 0 Å². The second-order valence-electron chi connectivity index (χ2n) is 9.12. The maximum Gasteiger partial charge on any atom is 0.312 e. The molecule has 1 spiro atoms. The van der Waals surface area contributed by atoms with Crippen LogP contribution in [-0.2, 0) is 5.41 Å². The molecule has 0 bridgehead atoms. The Morgan fingerprint density at radius 2 is 1.76 bits per heavy atom. The molecule has 6 heteroatoms. The second-order valence-corrected chi connectivity index (χ2v) is 9.12. The summed E-state index contributed by atoms with van der Waals surface area (Å²) in [7, 11) is 1.96. The van der Waals surface area contributed by atoms with Gasteiger partial charge in [0.05, 0.1) is 22.0 Å². The molecule has 0 N–H and O–H groups in total. The molecular formula is C28H23N3O3. The van der Waals surface area contributed by atoms with Crippen LogP contribution in [0.15, 0.2) is 66.7 Å². The van der Waals surface area contributed by atoms with Gasteiger partial charge in [0.15, 0.2) is 0 Å². The molecule has 0 radical (unpaired) electrons. The highest BCUT2D eigenvalue weighted by molar-refractivity contribution is 5.79. The Balaban J connectivity index is 1.56. The second kappa shape index (κ2) is 7.60. The van der Waals surface area contributed by atoms with Crippen LogP contribution in [0, 0.1) is 21.4 Å². The fourth-order valence-corrected chi connectivity index (χ4v) is 4.98. The van der Waals surface area contributed by atoms with Crippen LogP contribution in [-0.4, -0.2) is 17.7 Å². The zero-order valence-corrected chi connectivity index (χ0v) is 19.1. The van der Waals surface area contributed by atoms with Gasteiger partial charge in [-0.1, -0.05) is 42.5 Å². The molecule has 1 unspecified atom stereocenters. The number of nitrogens with zero attached hydrogens (tertiary/aromatic N) is 3. The lowest BCUT2D eigenvalue weighted by atomic mass is 9.76. The minimum atomic E-state index is -0.881. The Morgan fingerprint density at radius 1 is 1.06 bits per heavy atom. The fraction of sp³-hybridized carbons (Fsp3) is 0.179. The van der Waals surface area contributed by atoms with Gasteiger partial charge in [0, 0.05) is 24.4 Å². The van der Waals surface area contributed by atoms with E-state index in [0.29, 0.717) is 16.7 Å². The van der Waals surface area contributed by atoms with E-state index in [1.807, 2.05) is 67.7 Å². The van der Waals surface area contributed by atoms with Gasteiger partial charge in [0.2, 0.25) is 11.5 Å². The largest absolute Gasteiger partial charge is 0.456 e. The number of hydrogen-bond donors (Lipinski definition) is 0. The molecule has 34 heavy (non-hydrogen) atoms. The Morgan fingerprint density at radius 3 is 2.44 bits per heavy atom. The molecule has 2 aliphatic rings. The van der Waals surface area contributed by atoms with E-state index in [4.69, 9.17) is 10.00 Å². The van der Waals surface area contributed by atoms with Gasteiger partial charge in [-0.15, -0.1) is 0 Å². The number of anilines is 1. The predicted octanol–water partition coefficient (Wildman–Crippen LogP) is 6.17. The highest BCUT2D eigenvalue weighted by Crippen LogP contribution is 2.55. The third kappa shape index (κ3) is 3.09. The number of ether oxygens (including phenoxy) is 1. The topological polar surface area (TPSA) is 79.4 Å². The van der Waals surface area contributed by atoms with Crippen molar-refractivity contribution in [2.24, 2.45) is 0 Å². The first kappa shape index (κ1) is 21.5. The number of nitro groups is 1. The monoisotopic (exact) mass is 449 g/mol. The first-order valence-corrected chi connectivity index (χ1v) is 11.0. The molecule has 0 amide bonds. The minimum absolute atomic E-state index is 0.0686. The summed E-state index contributed by atoms with van der Waals surface area (Å²) < 4.78 is 6.57. The summed E-state index contributed by atoms with van der Waals surface area (Å²) in [5.41, 5.74) is 3.64. The first-order valence-electron chi connectivity index (χ1n) is 11.0. The minimum Gasteiger partial charge on any atom is -0.456 e. The molecule has 6 nitrogen and oxygen atoms in total. The normalized spacial score (nSPS) is 19.5. The van der Waals surface area contributed by atoms with Crippen molar-refractivity contribution < 1.29 is 9.66 Å². The molecule has 168 valence electrons. The third-order valence-electron chi connectivity index (χ3n) is 6.90. The quantitative estimate of drug-likeness (QED) is 0.272. The number of hydrogen-bond acceptors (Lipinski definition) is 5. The summed E-state index contributed by atoms with van der Waals surface area (Å²) in [4.78, 5) is 13.7. The third-order valence-corrected chi connectivity index (χ3v) is 6.90. The molecule has 1 atom stereocenters. The van der Waals surface area contributed by atoms with E-state index in [9.17, 15) is 10.1 Å². The van der Waals surface area contributed by atoms with Crippen LogP contribution in [0.5, 0.6) is 5.75 Å². The van der Waals surface area contributed by atoms with Gasteiger partial charge >= 0.3 is 5.69 Å². The van der Waals surface area contributed by atoms with E-state index in [1.165, 1.54) is 0 Å². The van der Waals surface area contributed by atoms with E-state index in [1.54, 1.807) is 18.2 Å². The number of nitriles is 1. The SMILES string of the molecule is CN1c2ccccc2C(C)(C)C12C=Cc1cc(/C=C/c3ccc(C#N)cc3)cc([N+](=O)[O-])c1O2. The summed E-state index contributed by atoms with van der Waals surface area (Å²) in [6.07, 6.45) is 7.63. The highest BCUT2D eigenvalue weighted by atomic mass is 16.6. The molecule has 2 heterocycles. The molecule has 0 aromatic heterocycles. The summed E-state index contributed by atoms with van der Waals surface area (Å²) >= 11 is 0. The summed E-state index contributed by atoms with van der Waals surface area (Å²) in [5, 5.41) is 21.0. The van der Waals surface area contributed by atoms with Crippen molar-refractivity contribution in [3.63, 3.8) is 0 Å². The predicted molar refractivity (Wildman–Crippen MR) is 133 cm³/mol. The zero-order valence-electron chi connectivity index (χ0n) is 19.1. The van der Waals surface area contributed by atoms with Gasteiger partial charge in [-0.2, -0.15) is 5.26 Å². The summed E-state index contributed by atoms with van der Waals surface area (Å²) in [5.74, 6) is 0.274. The number of likely N-dealkylation sites (N-methyl/N-ethyl adjacent to an activating group) is 1. The van der Waals surface area contributed by atoms with Crippen molar-refractivity contribution in [1.29, 1.82) is 5.26 Å². The zero-order chi connectivity index (χ0) is 24.1. The van der Waals surface area contributed by atoms with Gasteiger partial charge in [-0.05, 0) is 67.0 Å². The summed E-state index contributed by atoms with van der Waals surface area (Å²) in [6.45, 7) is 4.20. The van der Waals surface area contributed by atoms with Crippen molar-refractivity contribution in [2.45, 2.75) is 25.0 Å². The van der Waals surface area contributed by atoms with Crippen LogP contribution in [0.25, 0.3) is 18.2 Å². The standard InChI is InChI=1S/C28H23N3O3/c1-27(2)23-6-4-5-7-24(23)30(3)28(27)15-14-22-16-21(17-25(31(32)33)26(22)34-28)13-10-19-8-11-20(18-29)12-9-19/h4-17H,1-3H3/b13-10+. The number of benzene rings is 3. The van der Waals surface area contributed by atoms with E-state index in [0.717, 1.165) is 16.8 Å². The average Bonchev–Trinajstić information content (AvgIpc) is 3.01. The Labute approximate surface area is 198 Å². The van der Waals surface area contributed by atoms with Crippen molar-refractivity contribution in [3.8, 4) is 11.8 Å². The Bertz CT molecular complexity index is 1410. The molecule has 3 aromatic carbocycles. The molecule has 0 saturated carbocycles. The van der Waals surface area contributed by atoms with Crippen molar-refractivity contribution in [2.75, 3.05) is 11.9 Å². The maximum atomic E-state index is 12.1. The van der Waals surface area contributed by atoms with Gasteiger partial charge < -0.3 is 9.64 Å². The van der Waals surface area contributed by atoms with Crippen LogP contribution in [0.4, 0.5) is 11.4 Å². The van der Waals surface area contributed by atoms with Crippen LogP contribution >= 0.6 is 0 Å². The average molecular weight is 450 g/mol. The fourth-order valence-electron chi connectivity index (χ4n) is 4.98.